The molecule has 0 spiro atoms. The van der Waals surface area contributed by atoms with Gasteiger partial charge in [-0.3, -0.25) is 0 Å². The van der Waals surface area contributed by atoms with Crippen molar-refractivity contribution in [2.75, 3.05) is 0 Å². The van der Waals surface area contributed by atoms with Crippen LogP contribution in [0.15, 0.2) is 54.6 Å². The predicted octanol–water partition coefficient (Wildman–Crippen LogP) is 3.86. The van der Waals surface area contributed by atoms with Crippen LogP contribution in [0.1, 0.15) is 0 Å². The molecule has 5 heteroatoms. The standard InChI is InChI=1S/C14H9F3O2/c1-9(14(15,16)17)13(18)19-12-7-6-10-4-2-3-5-11(10)8-12/h2-8H,1H2. The zero-order chi connectivity index (χ0) is 14.0. The average molecular weight is 266 g/mol. The van der Waals surface area contributed by atoms with Crippen molar-refractivity contribution in [1.82, 2.24) is 0 Å². The molecule has 0 saturated carbocycles. The number of fused-ring (bicyclic) bond motifs is 1. The molecule has 0 amide bonds. The Morgan fingerprint density at radius 2 is 1.68 bits per heavy atom. The summed E-state index contributed by atoms with van der Waals surface area (Å²) in [4.78, 5) is 11.3. The lowest BCUT2D eigenvalue weighted by molar-refractivity contribution is -0.142. The van der Waals surface area contributed by atoms with Crippen molar-refractivity contribution in [3.8, 4) is 5.75 Å². The Morgan fingerprint density at radius 1 is 1.05 bits per heavy atom. The van der Waals surface area contributed by atoms with Crippen LogP contribution in [0.25, 0.3) is 10.8 Å². The normalized spacial score (nSPS) is 11.3. The fourth-order valence-corrected chi connectivity index (χ4v) is 1.52. The fraction of sp³-hybridized carbons (Fsp3) is 0.0714. The van der Waals surface area contributed by atoms with E-state index < -0.39 is 17.7 Å². The Hall–Kier alpha value is -2.30. The number of hydrogen-bond acceptors (Lipinski definition) is 2. The third-order valence-corrected chi connectivity index (χ3v) is 2.52. The Morgan fingerprint density at radius 3 is 2.32 bits per heavy atom. The molecule has 0 radical (unpaired) electrons. The van der Waals surface area contributed by atoms with Crippen LogP contribution in [0.4, 0.5) is 13.2 Å². The van der Waals surface area contributed by atoms with E-state index in [4.69, 9.17) is 0 Å². The summed E-state index contributed by atoms with van der Waals surface area (Å²) in [5.41, 5.74) is -1.53. The number of esters is 1. The van der Waals surface area contributed by atoms with Gasteiger partial charge in [-0.2, -0.15) is 13.2 Å². The molecule has 0 fully saturated rings. The second kappa shape index (κ2) is 4.76. The maximum Gasteiger partial charge on any atom is 0.422 e. The first-order valence-corrected chi connectivity index (χ1v) is 5.35. The number of carbonyl (C=O) groups excluding carboxylic acids is 1. The fourth-order valence-electron chi connectivity index (χ4n) is 1.52. The molecule has 0 N–H and O–H groups in total. The molecule has 0 heterocycles. The van der Waals surface area contributed by atoms with Gasteiger partial charge in [0.25, 0.3) is 0 Å². The van der Waals surface area contributed by atoms with Gasteiger partial charge in [0.05, 0.1) is 0 Å². The molecule has 0 aliphatic rings. The highest BCUT2D eigenvalue weighted by molar-refractivity contribution is 5.92. The SMILES string of the molecule is C=C(C(=O)Oc1ccc2ccccc2c1)C(F)(F)F. The molecule has 0 aliphatic heterocycles. The van der Waals surface area contributed by atoms with Crippen LogP contribution < -0.4 is 4.74 Å². The van der Waals surface area contributed by atoms with E-state index in [-0.39, 0.29) is 5.75 Å². The summed E-state index contributed by atoms with van der Waals surface area (Å²) in [5.74, 6) is -1.45. The van der Waals surface area contributed by atoms with Gasteiger partial charge < -0.3 is 4.74 Å². The van der Waals surface area contributed by atoms with Crippen LogP contribution in [0, 0.1) is 0 Å². The zero-order valence-corrected chi connectivity index (χ0v) is 9.70. The van der Waals surface area contributed by atoms with Gasteiger partial charge in [-0.25, -0.2) is 4.79 Å². The van der Waals surface area contributed by atoms with Crippen molar-refractivity contribution >= 4 is 16.7 Å². The number of rotatable bonds is 2. The first-order chi connectivity index (χ1) is 8.88. The third-order valence-electron chi connectivity index (χ3n) is 2.52. The molecule has 2 aromatic rings. The van der Waals surface area contributed by atoms with E-state index in [1.54, 1.807) is 18.2 Å². The minimum absolute atomic E-state index is 0.0501. The zero-order valence-electron chi connectivity index (χ0n) is 9.70. The number of ether oxygens (including phenoxy) is 1. The number of halogens is 3. The molecular formula is C14H9F3O2. The van der Waals surface area contributed by atoms with Gasteiger partial charge >= 0.3 is 12.1 Å². The largest absolute Gasteiger partial charge is 0.423 e. The molecule has 2 aromatic carbocycles. The number of carbonyl (C=O) groups is 1. The molecular weight excluding hydrogens is 257 g/mol. The van der Waals surface area contributed by atoms with Crippen LogP contribution in [0.5, 0.6) is 5.75 Å². The highest BCUT2D eigenvalue weighted by Crippen LogP contribution is 2.27. The minimum Gasteiger partial charge on any atom is -0.423 e. The first-order valence-electron chi connectivity index (χ1n) is 5.35. The van der Waals surface area contributed by atoms with Gasteiger partial charge in [-0.15, -0.1) is 0 Å². The summed E-state index contributed by atoms with van der Waals surface area (Å²) < 4.78 is 41.4. The Labute approximate surface area is 107 Å². The number of alkyl halides is 3. The van der Waals surface area contributed by atoms with E-state index in [1.807, 2.05) is 12.1 Å². The minimum atomic E-state index is -4.78. The summed E-state index contributed by atoms with van der Waals surface area (Å²) >= 11 is 0. The van der Waals surface area contributed by atoms with Gasteiger partial charge in [-0.05, 0) is 22.9 Å². The van der Waals surface area contributed by atoms with Gasteiger partial charge in [-0.1, -0.05) is 36.9 Å². The quantitative estimate of drug-likeness (QED) is 0.468. The summed E-state index contributed by atoms with van der Waals surface area (Å²) in [5, 5.41) is 1.67. The van der Waals surface area contributed by atoms with E-state index in [0.717, 1.165) is 10.8 Å². The molecule has 0 aromatic heterocycles. The second-order valence-corrected chi connectivity index (χ2v) is 3.87. The molecule has 0 atom stereocenters. The van der Waals surface area contributed by atoms with Crippen LogP contribution in [-0.4, -0.2) is 12.1 Å². The van der Waals surface area contributed by atoms with E-state index in [0.29, 0.717) is 0 Å². The third kappa shape index (κ3) is 2.93. The lowest BCUT2D eigenvalue weighted by atomic mass is 10.1. The number of benzene rings is 2. The van der Waals surface area contributed by atoms with E-state index in [2.05, 4.69) is 11.3 Å². The van der Waals surface area contributed by atoms with Crippen LogP contribution in [0.3, 0.4) is 0 Å². The van der Waals surface area contributed by atoms with Crippen LogP contribution in [-0.2, 0) is 4.79 Å². The van der Waals surface area contributed by atoms with Crippen molar-refractivity contribution in [3.05, 3.63) is 54.6 Å². The van der Waals surface area contributed by atoms with Gasteiger partial charge in [0.15, 0.2) is 0 Å². The van der Waals surface area contributed by atoms with Crippen LogP contribution >= 0.6 is 0 Å². The maximum atomic E-state index is 12.3. The highest BCUT2D eigenvalue weighted by atomic mass is 19.4. The summed E-state index contributed by atoms with van der Waals surface area (Å²) in [6, 6.07) is 11.8. The monoisotopic (exact) mass is 266 g/mol. The molecule has 98 valence electrons. The Bertz CT molecular complexity index is 644. The highest BCUT2D eigenvalue weighted by Gasteiger charge is 2.38. The maximum absolute atomic E-state index is 12.3. The van der Waals surface area contributed by atoms with Crippen molar-refractivity contribution in [2.45, 2.75) is 6.18 Å². The molecule has 2 nitrogen and oxygen atoms in total. The van der Waals surface area contributed by atoms with E-state index in [9.17, 15) is 18.0 Å². The summed E-state index contributed by atoms with van der Waals surface area (Å²) in [6.45, 7) is 2.68. The summed E-state index contributed by atoms with van der Waals surface area (Å²) in [6.07, 6.45) is -4.78. The first kappa shape index (κ1) is 13.1. The van der Waals surface area contributed by atoms with Gasteiger partial charge in [0.1, 0.15) is 11.3 Å². The Balaban J connectivity index is 2.22. The van der Waals surface area contributed by atoms with Crippen molar-refractivity contribution in [2.24, 2.45) is 0 Å². The molecule has 0 saturated heterocycles. The topological polar surface area (TPSA) is 26.3 Å². The van der Waals surface area contributed by atoms with E-state index in [1.165, 1.54) is 12.1 Å². The van der Waals surface area contributed by atoms with Crippen molar-refractivity contribution in [3.63, 3.8) is 0 Å². The summed E-state index contributed by atoms with van der Waals surface area (Å²) in [7, 11) is 0. The predicted molar refractivity (Wildman–Crippen MR) is 64.8 cm³/mol. The molecule has 19 heavy (non-hydrogen) atoms. The smallest absolute Gasteiger partial charge is 0.422 e. The van der Waals surface area contributed by atoms with Crippen molar-refractivity contribution in [1.29, 1.82) is 0 Å². The second-order valence-electron chi connectivity index (χ2n) is 3.87. The van der Waals surface area contributed by atoms with Gasteiger partial charge in [0.2, 0.25) is 0 Å². The average Bonchev–Trinajstić information content (AvgIpc) is 2.36. The lowest BCUT2D eigenvalue weighted by Gasteiger charge is -2.09. The molecule has 0 unspecified atom stereocenters. The molecule has 0 bridgehead atoms. The van der Waals surface area contributed by atoms with Crippen LogP contribution in [0.2, 0.25) is 0 Å². The van der Waals surface area contributed by atoms with Gasteiger partial charge in [0, 0.05) is 0 Å². The van der Waals surface area contributed by atoms with Crippen molar-refractivity contribution < 1.29 is 22.7 Å². The number of hydrogen-bond donors (Lipinski definition) is 0. The van der Waals surface area contributed by atoms with E-state index >= 15 is 0 Å². The molecule has 2 rings (SSSR count). The lowest BCUT2D eigenvalue weighted by Crippen LogP contribution is -2.23. The molecule has 0 aliphatic carbocycles. The Kier molecular flexibility index (Phi) is 3.29.